The van der Waals surface area contributed by atoms with Crippen LogP contribution in [0.2, 0.25) is 0 Å². The van der Waals surface area contributed by atoms with Gasteiger partial charge in [-0.1, -0.05) is 59.6 Å². The van der Waals surface area contributed by atoms with Gasteiger partial charge in [0, 0.05) is 4.47 Å². The molecule has 6 nitrogen and oxygen atoms in total. The number of hydrogen-bond donors (Lipinski definition) is 1. The Labute approximate surface area is 165 Å². The Kier molecular flexibility index (Phi) is 4.55. The van der Waals surface area contributed by atoms with Gasteiger partial charge < -0.3 is 14.8 Å². The Morgan fingerprint density at radius 3 is 2.56 bits per heavy atom. The number of imide groups is 1. The van der Waals surface area contributed by atoms with Crippen molar-refractivity contribution in [3.8, 4) is 11.5 Å². The van der Waals surface area contributed by atoms with Crippen LogP contribution in [-0.4, -0.2) is 23.6 Å². The number of nitrogens with zero attached hydrogens (tertiary/aromatic N) is 1. The van der Waals surface area contributed by atoms with Crippen molar-refractivity contribution in [2.75, 3.05) is 6.79 Å². The van der Waals surface area contributed by atoms with E-state index in [4.69, 9.17) is 9.47 Å². The number of hydrogen-bond acceptors (Lipinski definition) is 4. The molecule has 1 fully saturated rings. The molecule has 1 N–H and O–H groups in total. The maximum Gasteiger partial charge on any atom is 0.325 e. The summed E-state index contributed by atoms with van der Waals surface area (Å²) in [6.45, 7) is 2.32. The molecule has 0 radical (unpaired) electrons. The third kappa shape index (κ3) is 2.96. The van der Waals surface area contributed by atoms with Gasteiger partial charge in [-0.3, -0.25) is 9.69 Å². The summed E-state index contributed by atoms with van der Waals surface area (Å²) in [5.74, 6) is 1.03. The van der Waals surface area contributed by atoms with Crippen molar-refractivity contribution in [3.05, 3.63) is 58.1 Å². The van der Waals surface area contributed by atoms with Gasteiger partial charge in [0.15, 0.2) is 11.5 Å². The second-order valence-electron chi connectivity index (χ2n) is 6.64. The molecule has 0 spiro atoms. The molecule has 1 atom stereocenters. The molecule has 2 aliphatic rings. The summed E-state index contributed by atoms with van der Waals surface area (Å²) in [6, 6.07) is 12.6. The number of rotatable bonds is 5. The van der Waals surface area contributed by atoms with Gasteiger partial charge in [-0.2, -0.15) is 0 Å². The summed E-state index contributed by atoms with van der Waals surface area (Å²) in [5, 5.41) is 2.94. The van der Waals surface area contributed by atoms with Crippen LogP contribution in [0.5, 0.6) is 11.5 Å². The van der Waals surface area contributed by atoms with Gasteiger partial charge in [0.05, 0.1) is 6.54 Å². The van der Waals surface area contributed by atoms with Crippen molar-refractivity contribution in [3.63, 3.8) is 0 Å². The van der Waals surface area contributed by atoms with Crippen LogP contribution >= 0.6 is 15.9 Å². The van der Waals surface area contributed by atoms with E-state index >= 15 is 0 Å². The van der Waals surface area contributed by atoms with E-state index in [1.165, 1.54) is 4.90 Å². The highest BCUT2D eigenvalue weighted by Gasteiger charge is 2.51. The van der Waals surface area contributed by atoms with Crippen molar-refractivity contribution in [2.45, 2.75) is 31.8 Å². The number of benzene rings is 2. The van der Waals surface area contributed by atoms with Crippen LogP contribution in [0.25, 0.3) is 0 Å². The number of amides is 3. The number of fused-ring (bicyclic) bond motifs is 1. The van der Waals surface area contributed by atoms with E-state index in [0.29, 0.717) is 17.9 Å². The SMILES string of the molecule is CCCC1(c2ccccc2)NC(=O)N(Cc2cc3c(cc2Br)OCO3)C1=O. The molecule has 2 aliphatic heterocycles. The molecule has 3 amide bonds. The zero-order chi connectivity index (χ0) is 19.0. The minimum atomic E-state index is -1.02. The van der Waals surface area contributed by atoms with E-state index in [-0.39, 0.29) is 25.3 Å². The minimum Gasteiger partial charge on any atom is -0.454 e. The fourth-order valence-corrected chi connectivity index (χ4v) is 4.08. The minimum absolute atomic E-state index is 0.153. The van der Waals surface area contributed by atoms with Crippen LogP contribution in [0.3, 0.4) is 0 Å². The van der Waals surface area contributed by atoms with Crippen molar-refractivity contribution >= 4 is 27.9 Å². The van der Waals surface area contributed by atoms with E-state index < -0.39 is 5.54 Å². The third-order valence-corrected chi connectivity index (χ3v) is 5.68. The summed E-state index contributed by atoms with van der Waals surface area (Å²) in [6.07, 6.45) is 1.31. The van der Waals surface area contributed by atoms with Crippen LogP contribution in [0.1, 0.15) is 30.9 Å². The molecule has 4 rings (SSSR count). The first-order valence-corrected chi connectivity index (χ1v) is 9.62. The van der Waals surface area contributed by atoms with Crippen LogP contribution in [0.15, 0.2) is 46.9 Å². The van der Waals surface area contributed by atoms with Gasteiger partial charge >= 0.3 is 6.03 Å². The monoisotopic (exact) mass is 430 g/mol. The molecule has 0 aromatic heterocycles. The number of carbonyl (C=O) groups is 2. The number of carbonyl (C=O) groups excluding carboxylic acids is 2. The first-order chi connectivity index (χ1) is 13.0. The lowest BCUT2D eigenvalue weighted by atomic mass is 9.85. The third-order valence-electron chi connectivity index (χ3n) is 4.94. The van der Waals surface area contributed by atoms with Gasteiger partial charge in [-0.15, -0.1) is 0 Å². The number of nitrogens with one attached hydrogen (secondary N) is 1. The summed E-state index contributed by atoms with van der Waals surface area (Å²) < 4.78 is 11.5. The van der Waals surface area contributed by atoms with Crippen molar-refractivity contribution < 1.29 is 19.1 Å². The number of halogens is 1. The fraction of sp³-hybridized carbons (Fsp3) is 0.300. The van der Waals surface area contributed by atoms with Crippen molar-refractivity contribution in [1.82, 2.24) is 10.2 Å². The molecule has 1 saturated heterocycles. The standard InChI is InChI=1S/C20H19BrN2O4/c1-2-8-20(14-6-4-3-5-7-14)18(24)23(19(25)22-20)11-13-9-16-17(10-15(13)21)27-12-26-16/h3-7,9-10H,2,8,11-12H2,1H3,(H,22,25). The first kappa shape index (κ1) is 17.9. The highest BCUT2D eigenvalue weighted by molar-refractivity contribution is 9.10. The largest absolute Gasteiger partial charge is 0.454 e. The van der Waals surface area contributed by atoms with Gasteiger partial charge in [-0.25, -0.2) is 4.79 Å². The van der Waals surface area contributed by atoms with E-state index in [1.54, 1.807) is 12.1 Å². The predicted molar refractivity (Wildman–Crippen MR) is 102 cm³/mol. The quantitative estimate of drug-likeness (QED) is 0.729. The first-order valence-electron chi connectivity index (χ1n) is 8.83. The van der Waals surface area contributed by atoms with E-state index in [2.05, 4.69) is 21.2 Å². The van der Waals surface area contributed by atoms with Gasteiger partial charge in [0.25, 0.3) is 5.91 Å². The molecule has 0 saturated carbocycles. The Morgan fingerprint density at radius 1 is 1.15 bits per heavy atom. The smallest absolute Gasteiger partial charge is 0.325 e. The summed E-state index contributed by atoms with van der Waals surface area (Å²) in [7, 11) is 0. The van der Waals surface area contributed by atoms with Gasteiger partial charge in [-0.05, 0) is 29.7 Å². The average Bonchev–Trinajstić information content (AvgIpc) is 3.21. The normalized spacial score (nSPS) is 20.9. The van der Waals surface area contributed by atoms with Crippen molar-refractivity contribution in [2.24, 2.45) is 0 Å². The summed E-state index contributed by atoms with van der Waals surface area (Å²) >= 11 is 3.50. The van der Waals surface area contributed by atoms with E-state index in [0.717, 1.165) is 22.0 Å². The van der Waals surface area contributed by atoms with Crippen LogP contribution in [0.4, 0.5) is 4.79 Å². The molecule has 1 unspecified atom stereocenters. The molecule has 27 heavy (non-hydrogen) atoms. The van der Waals surface area contributed by atoms with Crippen LogP contribution < -0.4 is 14.8 Å². The Hall–Kier alpha value is -2.54. The van der Waals surface area contributed by atoms with Gasteiger partial charge in [0.2, 0.25) is 6.79 Å². The maximum absolute atomic E-state index is 13.3. The molecule has 7 heteroatoms. The molecule has 0 bridgehead atoms. The lowest BCUT2D eigenvalue weighted by Crippen LogP contribution is -2.43. The number of urea groups is 1. The van der Waals surface area contributed by atoms with E-state index in [1.807, 2.05) is 37.3 Å². The van der Waals surface area contributed by atoms with Crippen molar-refractivity contribution in [1.29, 1.82) is 0 Å². The molecule has 2 aromatic rings. The highest BCUT2D eigenvalue weighted by atomic mass is 79.9. The molecule has 2 heterocycles. The molecule has 0 aliphatic carbocycles. The topological polar surface area (TPSA) is 67.9 Å². The Balaban J connectivity index is 1.67. The second kappa shape index (κ2) is 6.88. The van der Waals surface area contributed by atoms with Crippen LogP contribution in [0, 0.1) is 0 Å². The second-order valence-corrected chi connectivity index (χ2v) is 7.49. The molecular weight excluding hydrogens is 412 g/mol. The van der Waals surface area contributed by atoms with E-state index in [9.17, 15) is 9.59 Å². The molecule has 2 aromatic carbocycles. The lowest BCUT2D eigenvalue weighted by molar-refractivity contribution is -0.132. The molecule has 140 valence electrons. The zero-order valence-electron chi connectivity index (χ0n) is 14.8. The Morgan fingerprint density at radius 2 is 1.85 bits per heavy atom. The average molecular weight is 431 g/mol. The highest BCUT2D eigenvalue weighted by Crippen LogP contribution is 2.39. The zero-order valence-corrected chi connectivity index (χ0v) is 16.4. The molecular formula is C20H19BrN2O4. The lowest BCUT2D eigenvalue weighted by Gasteiger charge is -2.27. The maximum atomic E-state index is 13.3. The number of ether oxygens (including phenoxy) is 2. The Bertz CT molecular complexity index is 902. The van der Waals surface area contributed by atoms with Gasteiger partial charge in [0.1, 0.15) is 5.54 Å². The van der Waals surface area contributed by atoms with Crippen LogP contribution in [-0.2, 0) is 16.9 Å². The summed E-state index contributed by atoms with van der Waals surface area (Å²) in [5.41, 5.74) is 0.566. The predicted octanol–water partition coefficient (Wildman–Crippen LogP) is 3.93. The fourth-order valence-electron chi connectivity index (χ4n) is 3.63. The summed E-state index contributed by atoms with van der Waals surface area (Å²) in [4.78, 5) is 27.3.